The average molecular weight is 1010 g/mol. The molecule has 0 N–H and O–H groups in total. The lowest BCUT2D eigenvalue weighted by Gasteiger charge is -2.49. The summed E-state index contributed by atoms with van der Waals surface area (Å²) in [5.41, 5.74) is 19.9. The van der Waals surface area contributed by atoms with E-state index in [1.807, 2.05) is 0 Å². The van der Waals surface area contributed by atoms with Gasteiger partial charge in [-0.1, -0.05) is 148 Å². The second kappa shape index (κ2) is 18.2. The largest absolute Gasteiger partial charge is 0.310 e. The van der Waals surface area contributed by atoms with Crippen molar-refractivity contribution < 1.29 is 0 Å². The smallest absolute Gasteiger partial charge is 0.0473 e. The van der Waals surface area contributed by atoms with Crippen LogP contribution in [-0.4, -0.2) is 0 Å². The topological polar surface area (TPSA) is 6.48 Å². The van der Waals surface area contributed by atoms with Crippen LogP contribution < -0.4 is 9.80 Å². The maximum atomic E-state index is 2.61. The lowest BCUT2D eigenvalue weighted by Crippen LogP contribution is -2.39. The number of anilines is 6. The van der Waals surface area contributed by atoms with Crippen molar-refractivity contribution in [2.45, 2.75) is 116 Å². The lowest BCUT2D eigenvalue weighted by molar-refractivity contribution is 0.0598. The zero-order valence-electron chi connectivity index (χ0n) is 45.7. The number of para-hydroxylation sites is 2. The van der Waals surface area contributed by atoms with Gasteiger partial charge in [0, 0.05) is 34.1 Å². The van der Waals surface area contributed by atoms with Gasteiger partial charge in [0.15, 0.2) is 0 Å². The molecule has 0 heterocycles. The van der Waals surface area contributed by atoms with E-state index in [2.05, 4.69) is 218 Å². The van der Waals surface area contributed by atoms with E-state index in [0.717, 1.165) is 69.6 Å². The fourth-order valence-electron chi connectivity index (χ4n) is 18.2. The predicted molar refractivity (Wildman–Crippen MR) is 329 cm³/mol. The van der Waals surface area contributed by atoms with Gasteiger partial charge in [-0.15, -0.1) is 0 Å². The van der Waals surface area contributed by atoms with E-state index in [-0.39, 0.29) is 0 Å². The quantitative estimate of drug-likeness (QED) is 0.140. The summed E-state index contributed by atoms with van der Waals surface area (Å²) in [5, 5.41) is 7.67. The molecule has 6 aliphatic carbocycles. The number of benzene rings is 10. The minimum absolute atomic E-state index is 0.597. The summed E-state index contributed by atoms with van der Waals surface area (Å²) in [7, 11) is 0. The summed E-state index contributed by atoms with van der Waals surface area (Å²) >= 11 is 0. The minimum Gasteiger partial charge on any atom is -0.310 e. The van der Waals surface area contributed by atoms with Gasteiger partial charge >= 0.3 is 0 Å². The number of hydrogen-bond donors (Lipinski definition) is 0. The molecule has 0 bridgehead atoms. The molecule has 0 amide bonds. The molecule has 0 radical (unpaired) electrons. The standard InChI is InChI=1S/C76H72N2/c1-75-39-9-15-71(75)69-35-27-53-43-51(25-33-65(53)67(69)37-41-75)49-21-29-61(30-22-49)77(59-11-5-3-6-12-59)63-45-55-17-19-57-47-64(48-58-20-18-56(46-63)73(55)74(57)58)78(60-13-7-4-8-14-60)62-31-23-50(24-32-62)52-26-34-66-54(44-52)28-36-70-68(66)38-42-76(2)40-10-16-72(70)76/h3-8,11-14,17-26,29-34,43-48,67-72H,9-10,15-16,27-28,35-42H2,1-2H3. The summed E-state index contributed by atoms with van der Waals surface area (Å²) in [6, 6.07) is 74.5. The summed E-state index contributed by atoms with van der Waals surface area (Å²) in [5.74, 6) is 5.13. The SMILES string of the molecule is CC12CCCC1C1CCc3cc(-c4ccc(N(c5ccccc5)c5cc6ccc7cc(N(c8ccccc8)c8ccc(-c9ccc%10c(c9)CCC9C%10CCC%10(C)CCCC9%10)cc8)cc8ccc(c5)c6c78)cc4)ccc3C1CC2. The van der Waals surface area contributed by atoms with Gasteiger partial charge in [-0.25, -0.2) is 0 Å². The number of hydrogen-bond acceptors (Lipinski definition) is 2. The molecule has 2 heteroatoms. The first-order valence-corrected chi connectivity index (χ1v) is 30.2. The van der Waals surface area contributed by atoms with E-state index in [1.165, 1.54) is 144 Å². The van der Waals surface area contributed by atoms with Gasteiger partial charge in [-0.3, -0.25) is 0 Å². The Morgan fingerprint density at radius 3 is 1.10 bits per heavy atom. The number of aryl methyl sites for hydroxylation is 2. The Balaban J connectivity index is 0.701. The second-order valence-corrected chi connectivity index (χ2v) is 25.9. The molecule has 16 rings (SSSR count). The van der Waals surface area contributed by atoms with Crippen LogP contribution in [0.2, 0.25) is 0 Å². The molecular formula is C76H72N2. The van der Waals surface area contributed by atoms with Crippen LogP contribution in [0.1, 0.15) is 125 Å². The van der Waals surface area contributed by atoms with E-state index < -0.39 is 0 Å². The van der Waals surface area contributed by atoms with Crippen LogP contribution in [0.3, 0.4) is 0 Å². The van der Waals surface area contributed by atoms with E-state index >= 15 is 0 Å². The van der Waals surface area contributed by atoms with E-state index in [1.54, 1.807) is 22.3 Å². The minimum atomic E-state index is 0.597. The van der Waals surface area contributed by atoms with Crippen molar-refractivity contribution >= 4 is 66.4 Å². The van der Waals surface area contributed by atoms with Gasteiger partial charge in [-0.2, -0.15) is 0 Å². The molecule has 386 valence electrons. The van der Waals surface area contributed by atoms with Gasteiger partial charge in [0.25, 0.3) is 0 Å². The molecule has 10 aromatic rings. The van der Waals surface area contributed by atoms with E-state index in [9.17, 15) is 0 Å². The van der Waals surface area contributed by atoms with Gasteiger partial charge in [0.05, 0.1) is 0 Å². The molecule has 4 saturated carbocycles. The van der Waals surface area contributed by atoms with Crippen LogP contribution in [0, 0.1) is 34.5 Å². The van der Waals surface area contributed by atoms with Crippen LogP contribution in [0.4, 0.5) is 34.1 Å². The van der Waals surface area contributed by atoms with Crippen molar-refractivity contribution in [3.05, 3.63) is 216 Å². The Kier molecular flexibility index (Phi) is 10.9. The zero-order chi connectivity index (χ0) is 51.7. The van der Waals surface area contributed by atoms with Crippen LogP contribution >= 0.6 is 0 Å². The normalized spacial score (nSPS) is 26.0. The van der Waals surface area contributed by atoms with Gasteiger partial charge < -0.3 is 9.80 Å². The highest BCUT2D eigenvalue weighted by Crippen LogP contribution is 2.62. The molecule has 0 saturated heterocycles. The fraction of sp³-hybridized carbons (Fsp3) is 0.316. The van der Waals surface area contributed by atoms with Crippen LogP contribution in [0.5, 0.6) is 0 Å². The number of nitrogens with zero attached hydrogens (tertiary/aromatic N) is 2. The third-order valence-corrected chi connectivity index (χ3v) is 22.0. The molecule has 0 spiro atoms. The van der Waals surface area contributed by atoms with Crippen LogP contribution in [0.25, 0.3) is 54.6 Å². The molecular weight excluding hydrogens is 941 g/mol. The molecule has 4 fully saturated rings. The molecule has 8 unspecified atom stereocenters. The third-order valence-electron chi connectivity index (χ3n) is 22.0. The zero-order valence-corrected chi connectivity index (χ0v) is 45.7. The molecule has 0 aliphatic heterocycles. The first-order chi connectivity index (χ1) is 38.3. The summed E-state index contributed by atoms with van der Waals surface area (Å²) in [6.45, 7) is 5.22. The number of rotatable bonds is 8. The Morgan fingerprint density at radius 1 is 0.333 bits per heavy atom. The Bertz CT molecular complexity index is 3570. The lowest BCUT2D eigenvalue weighted by atomic mass is 9.56. The monoisotopic (exact) mass is 1010 g/mol. The fourth-order valence-corrected chi connectivity index (χ4v) is 18.2. The van der Waals surface area contributed by atoms with Crippen molar-refractivity contribution in [1.82, 2.24) is 0 Å². The van der Waals surface area contributed by atoms with Crippen LogP contribution in [-0.2, 0) is 12.8 Å². The number of fused-ring (bicyclic) bond motifs is 10. The molecule has 0 aromatic heterocycles. The van der Waals surface area contributed by atoms with Gasteiger partial charge in [0.2, 0.25) is 0 Å². The van der Waals surface area contributed by atoms with Gasteiger partial charge in [0.1, 0.15) is 0 Å². The Morgan fingerprint density at radius 2 is 0.705 bits per heavy atom. The molecule has 8 atom stereocenters. The predicted octanol–water partition coefficient (Wildman–Crippen LogP) is 21.4. The highest BCUT2D eigenvalue weighted by molar-refractivity contribution is 6.24. The molecule has 10 aromatic carbocycles. The summed E-state index contributed by atoms with van der Waals surface area (Å²) in [4.78, 5) is 4.88. The third kappa shape index (κ3) is 7.55. The Hall–Kier alpha value is -7.16. The first-order valence-electron chi connectivity index (χ1n) is 30.2. The van der Waals surface area contributed by atoms with Gasteiger partial charge in [-0.05, 0) is 273 Å². The molecule has 6 aliphatic rings. The average Bonchev–Trinajstić information content (AvgIpc) is 4.22. The second-order valence-electron chi connectivity index (χ2n) is 25.9. The van der Waals surface area contributed by atoms with E-state index in [4.69, 9.17) is 0 Å². The van der Waals surface area contributed by atoms with Crippen molar-refractivity contribution in [3.63, 3.8) is 0 Å². The highest BCUT2D eigenvalue weighted by atomic mass is 15.1. The molecule has 2 nitrogen and oxygen atoms in total. The van der Waals surface area contributed by atoms with Crippen LogP contribution in [0.15, 0.2) is 194 Å². The maximum absolute atomic E-state index is 2.61. The summed E-state index contributed by atoms with van der Waals surface area (Å²) < 4.78 is 0. The van der Waals surface area contributed by atoms with Crippen molar-refractivity contribution in [2.24, 2.45) is 34.5 Å². The maximum Gasteiger partial charge on any atom is 0.0473 e. The first kappa shape index (κ1) is 46.9. The van der Waals surface area contributed by atoms with Crippen molar-refractivity contribution in [1.29, 1.82) is 0 Å². The Labute approximate surface area is 462 Å². The highest BCUT2D eigenvalue weighted by Gasteiger charge is 2.51. The van der Waals surface area contributed by atoms with E-state index in [0.29, 0.717) is 10.8 Å². The summed E-state index contributed by atoms with van der Waals surface area (Å²) in [6.07, 6.45) is 19.4. The molecule has 78 heavy (non-hydrogen) atoms. The van der Waals surface area contributed by atoms with Crippen molar-refractivity contribution in [2.75, 3.05) is 9.80 Å². The van der Waals surface area contributed by atoms with Crippen molar-refractivity contribution in [3.8, 4) is 22.3 Å².